The van der Waals surface area contributed by atoms with E-state index in [-0.39, 0.29) is 0 Å². The fourth-order valence-corrected chi connectivity index (χ4v) is 4.08. The standard InChI is InChI=1S/C14H20N2S/c1-2-4-12(5-3-1)14-10-16(8-7-15-14)13-6-9-17-11-13/h1-5,13-15H,6-11H2. The third-order valence-corrected chi connectivity index (χ3v) is 4.98. The number of nitrogens with one attached hydrogen (secondary N) is 1. The number of thioether (sulfide) groups is 1. The van der Waals surface area contributed by atoms with Gasteiger partial charge in [0.25, 0.3) is 0 Å². The zero-order valence-electron chi connectivity index (χ0n) is 10.1. The summed E-state index contributed by atoms with van der Waals surface area (Å²) in [6.07, 6.45) is 1.38. The average Bonchev–Trinajstić information content (AvgIpc) is 2.94. The zero-order valence-corrected chi connectivity index (χ0v) is 11.0. The highest BCUT2D eigenvalue weighted by Gasteiger charge is 2.28. The van der Waals surface area contributed by atoms with Crippen LogP contribution >= 0.6 is 11.8 Å². The monoisotopic (exact) mass is 248 g/mol. The van der Waals surface area contributed by atoms with Crippen molar-refractivity contribution >= 4 is 11.8 Å². The van der Waals surface area contributed by atoms with E-state index in [9.17, 15) is 0 Å². The van der Waals surface area contributed by atoms with E-state index in [1.165, 1.54) is 36.6 Å². The first kappa shape index (κ1) is 11.6. The number of hydrogen-bond acceptors (Lipinski definition) is 3. The molecule has 2 aliphatic rings. The van der Waals surface area contributed by atoms with Crippen molar-refractivity contribution in [3.63, 3.8) is 0 Å². The van der Waals surface area contributed by atoms with Crippen LogP contribution in [0.25, 0.3) is 0 Å². The average molecular weight is 248 g/mol. The zero-order chi connectivity index (χ0) is 11.5. The summed E-state index contributed by atoms with van der Waals surface area (Å²) >= 11 is 2.11. The van der Waals surface area contributed by atoms with E-state index in [4.69, 9.17) is 0 Å². The van der Waals surface area contributed by atoms with E-state index >= 15 is 0 Å². The van der Waals surface area contributed by atoms with Crippen LogP contribution in [0, 0.1) is 0 Å². The fourth-order valence-electron chi connectivity index (χ4n) is 2.82. The Labute approximate surface area is 108 Å². The molecule has 0 amide bonds. The minimum Gasteiger partial charge on any atom is -0.308 e. The molecule has 2 aliphatic heterocycles. The maximum atomic E-state index is 3.64. The molecule has 1 N–H and O–H groups in total. The van der Waals surface area contributed by atoms with Crippen LogP contribution < -0.4 is 5.32 Å². The van der Waals surface area contributed by atoms with Gasteiger partial charge in [-0.25, -0.2) is 0 Å². The molecule has 2 unspecified atom stereocenters. The molecule has 3 heteroatoms. The minimum absolute atomic E-state index is 0.524. The topological polar surface area (TPSA) is 15.3 Å². The van der Waals surface area contributed by atoms with Crippen LogP contribution in [0.1, 0.15) is 18.0 Å². The molecule has 17 heavy (non-hydrogen) atoms. The fraction of sp³-hybridized carbons (Fsp3) is 0.571. The molecule has 0 spiro atoms. The van der Waals surface area contributed by atoms with Crippen molar-refractivity contribution in [2.45, 2.75) is 18.5 Å². The molecule has 0 saturated carbocycles. The predicted molar refractivity (Wildman–Crippen MR) is 74.5 cm³/mol. The molecular formula is C14H20N2S. The number of hydrogen-bond donors (Lipinski definition) is 1. The Kier molecular flexibility index (Phi) is 3.69. The highest BCUT2D eigenvalue weighted by atomic mass is 32.2. The van der Waals surface area contributed by atoms with Gasteiger partial charge in [-0.1, -0.05) is 30.3 Å². The first-order valence-electron chi connectivity index (χ1n) is 6.53. The van der Waals surface area contributed by atoms with Gasteiger partial charge in [0.05, 0.1) is 0 Å². The summed E-state index contributed by atoms with van der Waals surface area (Å²) in [5.74, 6) is 2.69. The Balaban J connectivity index is 1.67. The molecule has 2 atom stereocenters. The highest BCUT2D eigenvalue weighted by molar-refractivity contribution is 7.99. The van der Waals surface area contributed by atoms with Gasteiger partial charge in [-0.2, -0.15) is 11.8 Å². The van der Waals surface area contributed by atoms with Gasteiger partial charge < -0.3 is 5.32 Å². The molecule has 3 rings (SSSR count). The SMILES string of the molecule is c1ccc(C2CN(C3CCSC3)CCN2)cc1. The Hall–Kier alpha value is -0.510. The Bertz CT molecular complexity index is 348. The molecule has 2 fully saturated rings. The second kappa shape index (κ2) is 5.42. The number of rotatable bonds is 2. The van der Waals surface area contributed by atoms with E-state index in [0.717, 1.165) is 12.6 Å². The summed E-state index contributed by atoms with van der Waals surface area (Å²) in [6, 6.07) is 12.2. The highest BCUT2D eigenvalue weighted by Crippen LogP contribution is 2.26. The second-order valence-electron chi connectivity index (χ2n) is 4.93. The van der Waals surface area contributed by atoms with Gasteiger partial charge in [0.2, 0.25) is 0 Å². The van der Waals surface area contributed by atoms with Gasteiger partial charge in [-0.3, -0.25) is 4.90 Å². The first-order chi connectivity index (χ1) is 8.43. The summed E-state index contributed by atoms with van der Waals surface area (Å²) in [6.45, 7) is 3.52. The van der Waals surface area contributed by atoms with Crippen LogP contribution in [0.5, 0.6) is 0 Å². The molecule has 0 radical (unpaired) electrons. The molecular weight excluding hydrogens is 228 g/mol. The number of benzene rings is 1. The van der Waals surface area contributed by atoms with Gasteiger partial charge in [0, 0.05) is 37.5 Å². The van der Waals surface area contributed by atoms with Gasteiger partial charge in [0.15, 0.2) is 0 Å². The maximum absolute atomic E-state index is 3.64. The molecule has 0 bridgehead atoms. The van der Waals surface area contributed by atoms with Crippen molar-refractivity contribution in [1.82, 2.24) is 10.2 Å². The maximum Gasteiger partial charge on any atom is 0.0449 e. The third-order valence-electron chi connectivity index (χ3n) is 3.83. The second-order valence-corrected chi connectivity index (χ2v) is 6.08. The number of nitrogens with zero attached hydrogens (tertiary/aromatic N) is 1. The van der Waals surface area contributed by atoms with Crippen LogP contribution in [-0.4, -0.2) is 42.1 Å². The normalized spacial score (nSPS) is 30.6. The lowest BCUT2D eigenvalue weighted by atomic mass is 10.0. The van der Waals surface area contributed by atoms with Crippen molar-refractivity contribution in [2.24, 2.45) is 0 Å². The molecule has 2 saturated heterocycles. The lowest BCUT2D eigenvalue weighted by Crippen LogP contribution is -2.50. The van der Waals surface area contributed by atoms with Crippen molar-refractivity contribution in [1.29, 1.82) is 0 Å². The van der Waals surface area contributed by atoms with E-state index in [2.05, 4.69) is 52.3 Å². The van der Waals surface area contributed by atoms with Crippen LogP contribution in [0.3, 0.4) is 0 Å². The molecule has 0 aromatic heterocycles. The van der Waals surface area contributed by atoms with Crippen LogP contribution in [0.15, 0.2) is 30.3 Å². The first-order valence-corrected chi connectivity index (χ1v) is 7.69. The van der Waals surface area contributed by atoms with Crippen LogP contribution in [0.2, 0.25) is 0 Å². The van der Waals surface area contributed by atoms with Crippen molar-refractivity contribution < 1.29 is 0 Å². The van der Waals surface area contributed by atoms with E-state index in [1.807, 2.05) is 0 Å². The summed E-state index contributed by atoms with van der Waals surface area (Å²) in [5, 5.41) is 3.64. The molecule has 0 aliphatic carbocycles. The number of piperazine rings is 1. The van der Waals surface area contributed by atoms with Gasteiger partial charge in [-0.15, -0.1) is 0 Å². The Morgan fingerprint density at radius 1 is 1.24 bits per heavy atom. The van der Waals surface area contributed by atoms with Gasteiger partial charge in [0.1, 0.15) is 0 Å². The predicted octanol–water partition coefficient (Wildman–Crippen LogP) is 2.14. The molecule has 1 aromatic rings. The Morgan fingerprint density at radius 2 is 2.12 bits per heavy atom. The largest absolute Gasteiger partial charge is 0.308 e. The summed E-state index contributed by atoms with van der Waals surface area (Å²) in [5.41, 5.74) is 1.43. The molecule has 1 aromatic carbocycles. The third kappa shape index (κ3) is 2.67. The van der Waals surface area contributed by atoms with Gasteiger partial charge in [-0.05, 0) is 17.7 Å². The Morgan fingerprint density at radius 3 is 2.88 bits per heavy atom. The lowest BCUT2D eigenvalue weighted by molar-refractivity contribution is 0.156. The summed E-state index contributed by atoms with van der Waals surface area (Å²) < 4.78 is 0. The van der Waals surface area contributed by atoms with Crippen molar-refractivity contribution in [2.75, 3.05) is 31.1 Å². The van der Waals surface area contributed by atoms with Gasteiger partial charge >= 0.3 is 0 Å². The summed E-state index contributed by atoms with van der Waals surface area (Å²) in [7, 11) is 0. The van der Waals surface area contributed by atoms with E-state index in [0.29, 0.717) is 6.04 Å². The lowest BCUT2D eigenvalue weighted by Gasteiger charge is -2.37. The molecule has 2 heterocycles. The quantitative estimate of drug-likeness (QED) is 0.863. The van der Waals surface area contributed by atoms with E-state index in [1.54, 1.807) is 0 Å². The van der Waals surface area contributed by atoms with Crippen LogP contribution in [-0.2, 0) is 0 Å². The minimum atomic E-state index is 0.524. The van der Waals surface area contributed by atoms with Crippen molar-refractivity contribution in [3.8, 4) is 0 Å². The molecule has 2 nitrogen and oxygen atoms in total. The smallest absolute Gasteiger partial charge is 0.0449 e. The van der Waals surface area contributed by atoms with Crippen LogP contribution in [0.4, 0.5) is 0 Å². The molecule has 92 valence electrons. The van der Waals surface area contributed by atoms with E-state index < -0.39 is 0 Å². The summed E-state index contributed by atoms with van der Waals surface area (Å²) in [4.78, 5) is 2.69. The van der Waals surface area contributed by atoms with Crippen molar-refractivity contribution in [3.05, 3.63) is 35.9 Å².